The summed E-state index contributed by atoms with van der Waals surface area (Å²) >= 11 is 0. The maximum Gasteiger partial charge on any atom is 0.254 e. The van der Waals surface area contributed by atoms with Crippen molar-refractivity contribution in [2.75, 3.05) is 13.1 Å². The lowest BCUT2D eigenvalue weighted by Crippen LogP contribution is -2.46. The summed E-state index contributed by atoms with van der Waals surface area (Å²) in [6.45, 7) is 6.56. The van der Waals surface area contributed by atoms with Gasteiger partial charge in [0.1, 0.15) is 0 Å². The Kier molecular flexibility index (Phi) is 4.01. The van der Waals surface area contributed by atoms with Crippen molar-refractivity contribution in [3.63, 3.8) is 0 Å². The Labute approximate surface area is 108 Å². The van der Waals surface area contributed by atoms with Crippen LogP contribution in [0.3, 0.4) is 0 Å². The topological polar surface area (TPSA) is 50.2 Å². The lowest BCUT2D eigenvalue weighted by molar-refractivity contribution is 0.0900. The predicted octanol–water partition coefficient (Wildman–Crippen LogP) is 1.02. The van der Waals surface area contributed by atoms with Gasteiger partial charge in [-0.15, -0.1) is 0 Å². The molecule has 5 heteroatoms. The molecule has 0 aromatic carbocycles. The van der Waals surface area contributed by atoms with Crippen molar-refractivity contribution in [2.45, 2.75) is 38.8 Å². The van der Waals surface area contributed by atoms with Crippen LogP contribution in [0.25, 0.3) is 0 Å². The second-order valence-electron chi connectivity index (χ2n) is 5.28. The van der Waals surface area contributed by atoms with Crippen LogP contribution in [0.1, 0.15) is 37.0 Å². The van der Waals surface area contributed by atoms with E-state index in [2.05, 4.69) is 29.2 Å². The monoisotopic (exact) mass is 250 g/mol. The normalized spacial score (nSPS) is 18.2. The number of amides is 1. The molecule has 0 bridgehead atoms. The number of hydrogen-bond acceptors (Lipinski definition) is 3. The molecule has 100 valence electrons. The van der Waals surface area contributed by atoms with Gasteiger partial charge in [0.15, 0.2) is 0 Å². The van der Waals surface area contributed by atoms with E-state index in [1.807, 2.05) is 7.05 Å². The van der Waals surface area contributed by atoms with Crippen molar-refractivity contribution in [2.24, 2.45) is 7.05 Å². The van der Waals surface area contributed by atoms with Crippen molar-refractivity contribution in [1.82, 2.24) is 20.0 Å². The molecule has 0 spiro atoms. The highest BCUT2D eigenvalue weighted by Gasteiger charge is 2.22. The van der Waals surface area contributed by atoms with Crippen molar-refractivity contribution >= 4 is 5.91 Å². The Hall–Kier alpha value is -1.36. The predicted molar refractivity (Wildman–Crippen MR) is 70.4 cm³/mol. The summed E-state index contributed by atoms with van der Waals surface area (Å²) in [7, 11) is 1.82. The number of nitrogens with one attached hydrogen (secondary N) is 1. The van der Waals surface area contributed by atoms with E-state index in [-0.39, 0.29) is 5.91 Å². The van der Waals surface area contributed by atoms with Gasteiger partial charge in [0.05, 0.1) is 11.8 Å². The lowest BCUT2D eigenvalue weighted by Gasteiger charge is -2.34. The van der Waals surface area contributed by atoms with Gasteiger partial charge in [0.2, 0.25) is 0 Å². The molecule has 5 nitrogen and oxygen atoms in total. The summed E-state index contributed by atoms with van der Waals surface area (Å²) in [5.74, 6) is -0.00824. The Morgan fingerprint density at radius 3 is 2.61 bits per heavy atom. The van der Waals surface area contributed by atoms with E-state index in [9.17, 15) is 4.79 Å². The van der Waals surface area contributed by atoms with Gasteiger partial charge in [-0.3, -0.25) is 9.48 Å². The molecular weight excluding hydrogens is 228 g/mol. The van der Waals surface area contributed by atoms with E-state index in [1.165, 1.54) is 0 Å². The van der Waals surface area contributed by atoms with Gasteiger partial charge in [-0.25, -0.2) is 0 Å². The first kappa shape index (κ1) is 13.1. The first-order valence-corrected chi connectivity index (χ1v) is 6.60. The zero-order valence-corrected chi connectivity index (χ0v) is 11.4. The summed E-state index contributed by atoms with van der Waals surface area (Å²) in [6, 6.07) is 0.896. The number of aromatic nitrogens is 2. The van der Waals surface area contributed by atoms with Crippen LogP contribution in [0, 0.1) is 0 Å². The third kappa shape index (κ3) is 3.10. The summed E-state index contributed by atoms with van der Waals surface area (Å²) in [6.07, 6.45) is 5.42. The van der Waals surface area contributed by atoms with E-state index in [0.29, 0.717) is 17.6 Å². The molecular formula is C13H22N4O. The minimum atomic E-state index is -0.00824. The molecule has 18 heavy (non-hydrogen) atoms. The maximum absolute atomic E-state index is 12.0. The molecule has 1 N–H and O–H groups in total. The standard InChI is InChI=1S/C13H22N4O/c1-10(2)17-6-4-12(5-7-17)15-13(18)11-8-14-16(3)9-11/h8-10,12H,4-7H2,1-3H3,(H,15,18). The van der Waals surface area contributed by atoms with Crippen LogP contribution in [0.2, 0.25) is 0 Å². The molecule has 0 radical (unpaired) electrons. The fourth-order valence-electron chi connectivity index (χ4n) is 2.37. The fourth-order valence-corrected chi connectivity index (χ4v) is 2.37. The molecule has 1 amide bonds. The molecule has 1 saturated heterocycles. The van der Waals surface area contributed by atoms with Crippen LogP contribution in [0.5, 0.6) is 0 Å². The molecule has 1 aliphatic heterocycles. The van der Waals surface area contributed by atoms with Crippen molar-refractivity contribution in [3.05, 3.63) is 18.0 Å². The number of nitrogens with zero attached hydrogens (tertiary/aromatic N) is 3. The minimum absolute atomic E-state index is 0.00824. The first-order valence-electron chi connectivity index (χ1n) is 6.60. The summed E-state index contributed by atoms with van der Waals surface area (Å²) < 4.78 is 1.65. The van der Waals surface area contributed by atoms with Crippen LogP contribution in [0.4, 0.5) is 0 Å². The van der Waals surface area contributed by atoms with Crippen LogP contribution in [-0.2, 0) is 7.05 Å². The van der Waals surface area contributed by atoms with E-state index in [4.69, 9.17) is 0 Å². The highest BCUT2D eigenvalue weighted by Crippen LogP contribution is 2.13. The second-order valence-corrected chi connectivity index (χ2v) is 5.28. The van der Waals surface area contributed by atoms with E-state index < -0.39 is 0 Å². The van der Waals surface area contributed by atoms with Gasteiger partial charge < -0.3 is 10.2 Å². The maximum atomic E-state index is 12.0. The average Bonchev–Trinajstić information content (AvgIpc) is 2.76. The highest BCUT2D eigenvalue weighted by atomic mass is 16.1. The number of piperidine rings is 1. The van der Waals surface area contributed by atoms with Crippen LogP contribution in [0.15, 0.2) is 12.4 Å². The molecule has 2 heterocycles. The number of rotatable bonds is 3. The van der Waals surface area contributed by atoms with Gasteiger partial charge in [-0.1, -0.05) is 0 Å². The number of carbonyl (C=O) groups excluding carboxylic acids is 1. The number of carbonyl (C=O) groups is 1. The third-order valence-electron chi connectivity index (χ3n) is 3.56. The number of likely N-dealkylation sites (tertiary alicyclic amines) is 1. The van der Waals surface area contributed by atoms with Gasteiger partial charge in [0.25, 0.3) is 5.91 Å². The molecule has 0 atom stereocenters. The Bertz CT molecular complexity index is 405. The summed E-state index contributed by atoms with van der Waals surface area (Å²) in [5, 5.41) is 7.10. The van der Waals surface area contributed by atoms with Crippen LogP contribution in [-0.4, -0.2) is 45.8 Å². The average molecular weight is 250 g/mol. The highest BCUT2D eigenvalue weighted by molar-refractivity contribution is 5.93. The third-order valence-corrected chi connectivity index (χ3v) is 3.56. The molecule has 1 aliphatic rings. The van der Waals surface area contributed by atoms with Crippen LogP contribution >= 0.6 is 0 Å². The molecule has 0 saturated carbocycles. The fraction of sp³-hybridized carbons (Fsp3) is 0.692. The molecule has 0 aliphatic carbocycles. The van der Waals surface area contributed by atoms with Gasteiger partial charge in [0, 0.05) is 38.4 Å². The van der Waals surface area contributed by atoms with Crippen molar-refractivity contribution < 1.29 is 4.79 Å². The molecule has 2 rings (SSSR count). The first-order chi connectivity index (χ1) is 8.56. The summed E-state index contributed by atoms with van der Waals surface area (Å²) in [4.78, 5) is 14.4. The summed E-state index contributed by atoms with van der Waals surface area (Å²) in [5.41, 5.74) is 0.642. The largest absolute Gasteiger partial charge is 0.349 e. The quantitative estimate of drug-likeness (QED) is 0.871. The van der Waals surface area contributed by atoms with Gasteiger partial charge in [-0.2, -0.15) is 5.10 Å². The number of aryl methyl sites for hydroxylation is 1. The minimum Gasteiger partial charge on any atom is -0.349 e. The van der Waals surface area contributed by atoms with Gasteiger partial charge in [-0.05, 0) is 26.7 Å². The van der Waals surface area contributed by atoms with Crippen LogP contribution < -0.4 is 5.32 Å². The Morgan fingerprint density at radius 1 is 1.44 bits per heavy atom. The SMILES string of the molecule is CC(C)N1CCC(NC(=O)c2cnn(C)c2)CC1. The Morgan fingerprint density at radius 2 is 2.11 bits per heavy atom. The lowest BCUT2D eigenvalue weighted by atomic mass is 10.0. The van der Waals surface area contributed by atoms with Crippen molar-refractivity contribution in [1.29, 1.82) is 0 Å². The smallest absolute Gasteiger partial charge is 0.254 e. The molecule has 1 fully saturated rings. The molecule has 0 unspecified atom stereocenters. The molecule has 1 aromatic heterocycles. The van der Waals surface area contributed by atoms with E-state index in [0.717, 1.165) is 25.9 Å². The van der Waals surface area contributed by atoms with E-state index >= 15 is 0 Å². The van der Waals surface area contributed by atoms with Crippen molar-refractivity contribution in [3.8, 4) is 0 Å². The zero-order chi connectivity index (χ0) is 13.1. The van der Waals surface area contributed by atoms with Gasteiger partial charge >= 0.3 is 0 Å². The number of hydrogen-bond donors (Lipinski definition) is 1. The van der Waals surface area contributed by atoms with E-state index in [1.54, 1.807) is 17.1 Å². The zero-order valence-electron chi connectivity index (χ0n) is 11.4. The molecule has 1 aromatic rings. The Balaban J connectivity index is 1.83. The second kappa shape index (κ2) is 5.52.